The zero-order valence-electron chi connectivity index (χ0n) is 10.4. The highest BCUT2D eigenvalue weighted by atomic mass is 79.9. The lowest BCUT2D eigenvalue weighted by molar-refractivity contribution is 0.606. The molecule has 0 fully saturated rings. The average molecular weight is 293 g/mol. The molecule has 0 radical (unpaired) electrons. The van der Waals surface area contributed by atoms with Crippen molar-refractivity contribution in [1.29, 1.82) is 0 Å². The van der Waals surface area contributed by atoms with Gasteiger partial charge < -0.3 is 0 Å². The Hall–Kier alpha value is -0.960. The van der Waals surface area contributed by atoms with Crippen molar-refractivity contribution in [2.24, 2.45) is 5.92 Å². The minimum atomic E-state index is 0.455. The molecule has 0 amide bonds. The van der Waals surface area contributed by atoms with E-state index in [4.69, 9.17) is 4.98 Å². The quantitative estimate of drug-likeness (QED) is 0.802. The minimum Gasteiger partial charge on any atom is -0.250 e. The lowest BCUT2D eigenvalue weighted by Gasteiger charge is -2.14. The molecule has 3 heteroatoms. The van der Waals surface area contributed by atoms with Crippen molar-refractivity contribution in [3.8, 4) is 0 Å². The summed E-state index contributed by atoms with van der Waals surface area (Å²) in [5, 5.41) is 0. The first kappa shape index (κ1) is 12.5. The second-order valence-corrected chi connectivity index (χ2v) is 5.88. The molecule has 0 aliphatic rings. The molecule has 17 heavy (non-hydrogen) atoms. The van der Waals surface area contributed by atoms with Crippen molar-refractivity contribution in [1.82, 2.24) is 9.97 Å². The van der Waals surface area contributed by atoms with E-state index in [1.54, 1.807) is 0 Å². The van der Waals surface area contributed by atoms with E-state index < -0.39 is 0 Å². The molecule has 90 valence electrons. The Bertz CT molecular complexity index is 523. The molecule has 1 aromatic heterocycles. The van der Waals surface area contributed by atoms with Gasteiger partial charge in [0, 0.05) is 11.2 Å². The maximum Gasteiger partial charge on any atom is 0.0890 e. The zero-order valence-corrected chi connectivity index (χ0v) is 12.0. The highest BCUT2D eigenvalue weighted by Crippen LogP contribution is 2.20. The molecule has 1 heterocycles. The molecule has 0 N–H and O–H groups in total. The van der Waals surface area contributed by atoms with Crippen LogP contribution in [0.2, 0.25) is 0 Å². The number of nitrogens with zero attached hydrogens (tertiary/aromatic N) is 2. The second-order valence-electron chi connectivity index (χ2n) is 4.71. The molecular weight excluding hydrogens is 276 g/mol. The normalized spacial score (nSPS) is 13.2. The van der Waals surface area contributed by atoms with E-state index in [0.717, 1.165) is 28.8 Å². The number of aryl methyl sites for hydroxylation is 1. The van der Waals surface area contributed by atoms with Crippen molar-refractivity contribution < 1.29 is 0 Å². The minimum absolute atomic E-state index is 0.455. The highest BCUT2D eigenvalue weighted by molar-refractivity contribution is 9.09. The zero-order chi connectivity index (χ0) is 12.4. The number of hydrogen-bond donors (Lipinski definition) is 0. The predicted octanol–water partition coefficient (Wildman–Crippen LogP) is 3.90. The van der Waals surface area contributed by atoms with Crippen LogP contribution in [-0.2, 0) is 6.42 Å². The average Bonchev–Trinajstić information content (AvgIpc) is 2.29. The summed E-state index contributed by atoms with van der Waals surface area (Å²) in [6.45, 7) is 6.46. The molecule has 0 bridgehead atoms. The van der Waals surface area contributed by atoms with Crippen LogP contribution in [0.15, 0.2) is 24.3 Å². The van der Waals surface area contributed by atoms with Crippen LogP contribution in [0, 0.1) is 12.8 Å². The largest absolute Gasteiger partial charge is 0.250 e. The maximum atomic E-state index is 4.70. The Morgan fingerprint density at radius 3 is 2.29 bits per heavy atom. The summed E-state index contributed by atoms with van der Waals surface area (Å²) in [7, 11) is 0. The van der Waals surface area contributed by atoms with Crippen LogP contribution in [0.25, 0.3) is 11.0 Å². The molecule has 0 saturated heterocycles. The molecular formula is C14H17BrN2. The summed E-state index contributed by atoms with van der Waals surface area (Å²) in [5.74, 6) is 0.600. The van der Waals surface area contributed by atoms with Gasteiger partial charge in [0.1, 0.15) is 0 Å². The van der Waals surface area contributed by atoms with Crippen molar-refractivity contribution in [2.75, 3.05) is 0 Å². The summed E-state index contributed by atoms with van der Waals surface area (Å²) in [6.07, 6.45) is 0.932. The van der Waals surface area contributed by atoms with Gasteiger partial charge in [-0.1, -0.05) is 41.9 Å². The number of fused-ring (bicyclic) bond motifs is 1. The van der Waals surface area contributed by atoms with Crippen molar-refractivity contribution in [3.63, 3.8) is 0 Å². The van der Waals surface area contributed by atoms with Gasteiger partial charge >= 0.3 is 0 Å². The summed E-state index contributed by atoms with van der Waals surface area (Å²) in [4.78, 5) is 9.76. The van der Waals surface area contributed by atoms with Gasteiger partial charge in [0.05, 0.1) is 22.4 Å². The predicted molar refractivity (Wildman–Crippen MR) is 75.5 cm³/mol. The van der Waals surface area contributed by atoms with E-state index in [2.05, 4.69) is 34.8 Å². The highest BCUT2D eigenvalue weighted by Gasteiger charge is 2.13. The molecule has 0 aliphatic carbocycles. The second kappa shape index (κ2) is 5.13. The first-order valence-electron chi connectivity index (χ1n) is 5.94. The van der Waals surface area contributed by atoms with Crippen LogP contribution in [0.3, 0.4) is 0 Å². The number of para-hydroxylation sites is 2. The first-order valence-corrected chi connectivity index (χ1v) is 6.86. The molecule has 0 spiro atoms. The third-order valence-corrected chi connectivity index (χ3v) is 4.34. The third-order valence-electron chi connectivity index (χ3n) is 2.95. The van der Waals surface area contributed by atoms with Crippen LogP contribution < -0.4 is 0 Å². The Morgan fingerprint density at radius 2 is 1.71 bits per heavy atom. The summed E-state index contributed by atoms with van der Waals surface area (Å²) in [6, 6.07) is 8.03. The number of benzene rings is 1. The van der Waals surface area contributed by atoms with Gasteiger partial charge in [0.25, 0.3) is 0 Å². The van der Waals surface area contributed by atoms with Crippen molar-refractivity contribution in [3.05, 3.63) is 35.7 Å². The Labute approximate surface area is 111 Å². The maximum absolute atomic E-state index is 4.70. The van der Waals surface area contributed by atoms with Crippen LogP contribution in [0.1, 0.15) is 25.2 Å². The lowest BCUT2D eigenvalue weighted by atomic mass is 10.0. The van der Waals surface area contributed by atoms with Crippen LogP contribution in [0.5, 0.6) is 0 Å². The van der Waals surface area contributed by atoms with Gasteiger partial charge in [-0.15, -0.1) is 0 Å². The topological polar surface area (TPSA) is 25.8 Å². The third kappa shape index (κ3) is 2.83. The Balaban J connectivity index is 2.37. The van der Waals surface area contributed by atoms with Gasteiger partial charge in [0.15, 0.2) is 0 Å². The first-order chi connectivity index (χ1) is 8.08. The SMILES string of the molecule is Cc1nc2ccccc2nc1CC(Br)C(C)C. The lowest BCUT2D eigenvalue weighted by Crippen LogP contribution is -2.13. The van der Waals surface area contributed by atoms with Crippen molar-refractivity contribution in [2.45, 2.75) is 32.0 Å². The van der Waals surface area contributed by atoms with E-state index in [9.17, 15) is 0 Å². The van der Waals surface area contributed by atoms with E-state index >= 15 is 0 Å². The van der Waals surface area contributed by atoms with Gasteiger partial charge in [-0.2, -0.15) is 0 Å². The molecule has 0 saturated carbocycles. The standard InChI is InChI=1S/C14H17BrN2/c1-9(2)11(15)8-14-10(3)16-12-6-4-5-7-13(12)17-14/h4-7,9,11H,8H2,1-3H3. The van der Waals surface area contributed by atoms with Gasteiger partial charge in [-0.25, -0.2) is 9.97 Å². The number of hydrogen-bond acceptors (Lipinski definition) is 2. The fraction of sp³-hybridized carbons (Fsp3) is 0.429. The molecule has 2 aromatic rings. The summed E-state index contributed by atoms with van der Waals surface area (Å²) in [5.41, 5.74) is 4.09. The molecule has 1 aromatic carbocycles. The number of alkyl halides is 1. The fourth-order valence-electron chi connectivity index (χ4n) is 1.74. The molecule has 1 atom stereocenters. The molecule has 2 nitrogen and oxygen atoms in total. The van der Waals surface area contributed by atoms with Crippen LogP contribution >= 0.6 is 15.9 Å². The van der Waals surface area contributed by atoms with Crippen molar-refractivity contribution >= 4 is 27.0 Å². The van der Waals surface area contributed by atoms with Gasteiger partial charge in [-0.3, -0.25) is 0 Å². The van der Waals surface area contributed by atoms with Crippen LogP contribution in [0.4, 0.5) is 0 Å². The van der Waals surface area contributed by atoms with E-state index in [-0.39, 0.29) is 0 Å². The van der Waals surface area contributed by atoms with Gasteiger partial charge in [-0.05, 0) is 25.0 Å². The molecule has 0 aliphatic heterocycles. The monoisotopic (exact) mass is 292 g/mol. The number of rotatable bonds is 3. The molecule has 1 unspecified atom stereocenters. The summed E-state index contributed by atoms with van der Waals surface area (Å²) >= 11 is 3.71. The number of aromatic nitrogens is 2. The number of halogens is 1. The summed E-state index contributed by atoms with van der Waals surface area (Å²) < 4.78 is 0. The Kier molecular flexibility index (Phi) is 3.77. The smallest absolute Gasteiger partial charge is 0.0890 e. The Morgan fingerprint density at radius 1 is 1.12 bits per heavy atom. The van der Waals surface area contributed by atoms with E-state index in [0.29, 0.717) is 10.7 Å². The molecule has 2 rings (SSSR count). The van der Waals surface area contributed by atoms with E-state index in [1.165, 1.54) is 0 Å². The van der Waals surface area contributed by atoms with E-state index in [1.807, 2.05) is 31.2 Å². The van der Waals surface area contributed by atoms with Crippen LogP contribution in [-0.4, -0.2) is 14.8 Å². The van der Waals surface area contributed by atoms with Gasteiger partial charge in [0.2, 0.25) is 0 Å². The fourth-order valence-corrected chi connectivity index (χ4v) is 2.05.